The number of fused-ring (bicyclic) bond motifs is 2. The lowest BCUT2D eigenvalue weighted by Crippen LogP contribution is -2.42. The topological polar surface area (TPSA) is 58.9 Å². The molecule has 4 nitrogen and oxygen atoms in total. The zero-order valence-electron chi connectivity index (χ0n) is 13.9. The van der Waals surface area contributed by atoms with Gasteiger partial charge in [0.15, 0.2) is 12.6 Å². The highest BCUT2D eigenvalue weighted by Crippen LogP contribution is 2.51. The fourth-order valence-corrected chi connectivity index (χ4v) is 5.49. The molecule has 1 saturated heterocycles. The lowest BCUT2D eigenvalue weighted by molar-refractivity contribution is -0.187. The molecule has 7 atom stereocenters. The Bertz CT molecular complexity index is 449. The van der Waals surface area contributed by atoms with Gasteiger partial charge in [-0.2, -0.15) is 0 Å². The van der Waals surface area contributed by atoms with Gasteiger partial charge in [0, 0.05) is 12.3 Å². The fraction of sp³-hybridized carbons (Fsp3) is 0.895. The molecule has 4 rings (SSSR count). The molecule has 4 aliphatic rings. The molecule has 0 aromatic heterocycles. The molecule has 0 aromatic rings. The van der Waals surface area contributed by atoms with Crippen LogP contribution in [0.2, 0.25) is 0 Å². The van der Waals surface area contributed by atoms with E-state index in [1.807, 2.05) is 0 Å². The van der Waals surface area contributed by atoms with E-state index >= 15 is 0 Å². The first-order valence-electron chi connectivity index (χ1n) is 9.53. The summed E-state index contributed by atoms with van der Waals surface area (Å²) < 4.78 is 11.0. The maximum Gasteiger partial charge on any atom is 0.158 e. The average molecular weight is 322 g/mol. The Kier molecular flexibility index (Phi) is 4.77. The van der Waals surface area contributed by atoms with E-state index in [1.54, 1.807) is 5.57 Å². The molecule has 2 saturated carbocycles. The van der Waals surface area contributed by atoms with Crippen molar-refractivity contribution in [2.24, 2.45) is 23.7 Å². The highest BCUT2D eigenvalue weighted by molar-refractivity contribution is 5.15. The molecule has 0 radical (unpaired) electrons. The predicted octanol–water partition coefficient (Wildman–Crippen LogP) is 2.98. The number of hydrogen-bond donors (Lipinski definition) is 2. The molecular formula is C19H30O4. The van der Waals surface area contributed by atoms with E-state index in [0.717, 1.165) is 18.3 Å². The molecule has 3 aliphatic carbocycles. The molecule has 0 spiro atoms. The van der Waals surface area contributed by atoms with Crippen LogP contribution in [0.5, 0.6) is 0 Å². The van der Waals surface area contributed by atoms with E-state index in [1.165, 1.54) is 44.9 Å². The van der Waals surface area contributed by atoms with Gasteiger partial charge < -0.3 is 19.7 Å². The summed E-state index contributed by atoms with van der Waals surface area (Å²) in [4.78, 5) is 0. The Labute approximate surface area is 138 Å². The van der Waals surface area contributed by atoms with Crippen LogP contribution in [-0.4, -0.2) is 35.5 Å². The van der Waals surface area contributed by atoms with Gasteiger partial charge in [-0.15, -0.1) is 0 Å². The molecular weight excluding hydrogens is 292 g/mol. The molecule has 0 bridgehead atoms. The van der Waals surface area contributed by atoms with Gasteiger partial charge in [-0.3, -0.25) is 0 Å². The van der Waals surface area contributed by atoms with Crippen molar-refractivity contribution in [3.63, 3.8) is 0 Å². The van der Waals surface area contributed by atoms with Crippen LogP contribution in [0.3, 0.4) is 0 Å². The second-order valence-corrected chi connectivity index (χ2v) is 8.04. The quantitative estimate of drug-likeness (QED) is 0.619. The van der Waals surface area contributed by atoms with Crippen LogP contribution in [-0.2, 0) is 9.47 Å². The van der Waals surface area contributed by atoms with Crippen LogP contribution >= 0.6 is 0 Å². The Hall–Kier alpha value is -0.420. The van der Waals surface area contributed by atoms with Gasteiger partial charge in [0.1, 0.15) is 0 Å². The number of ether oxygens (including phenoxy) is 2. The summed E-state index contributed by atoms with van der Waals surface area (Å²) in [5.41, 5.74) is 1.66. The van der Waals surface area contributed by atoms with Crippen molar-refractivity contribution >= 4 is 0 Å². The van der Waals surface area contributed by atoms with Crippen LogP contribution in [0.1, 0.15) is 57.8 Å². The smallest absolute Gasteiger partial charge is 0.158 e. The maximum atomic E-state index is 10.7. The van der Waals surface area contributed by atoms with E-state index in [2.05, 4.69) is 6.08 Å². The standard InChI is InChI=1S/C19H30O4/c20-18-10-15(11-22-18)23-19(21)16-7-3-6-14-8-12-4-1-2-5-13(12)9-17(14)16/h5,12,14-21H,1-4,6-11H2. The zero-order chi connectivity index (χ0) is 15.8. The second-order valence-electron chi connectivity index (χ2n) is 8.04. The van der Waals surface area contributed by atoms with Gasteiger partial charge in [0.05, 0.1) is 12.7 Å². The van der Waals surface area contributed by atoms with Gasteiger partial charge in [0.25, 0.3) is 0 Å². The zero-order valence-corrected chi connectivity index (χ0v) is 13.9. The van der Waals surface area contributed by atoms with Gasteiger partial charge in [-0.1, -0.05) is 24.5 Å². The number of hydrogen-bond acceptors (Lipinski definition) is 4. The molecule has 1 aliphatic heterocycles. The summed E-state index contributed by atoms with van der Waals surface area (Å²) in [6.45, 7) is 0.395. The van der Waals surface area contributed by atoms with Crippen LogP contribution in [0.4, 0.5) is 0 Å². The number of aliphatic hydroxyl groups excluding tert-OH is 2. The summed E-state index contributed by atoms with van der Waals surface area (Å²) in [6, 6.07) is 0. The molecule has 2 N–H and O–H groups in total. The van der Waals surface area contributed by atoms with Crippen molar-refractivity contribution in [3.05, 3.63) is 11.6 Å². The maximum absolute atomic E-state index is 10.7. The Balaban J connectivity index is 1.42. The van der Waals surface area contributed by atoms with Crippen LogP contribution in [0.15, 0.2) is 11.6 Å². The van der Waals surface area contributed by atoms with Crippen molar-refractivity contribution in [2.45, 2.75) is 76.5 Å². The summed E-state index contributed by atoms with van der Waals surface area (Å²) in [6.07, 6.45) is 11.4. The van der Waals surface area contributed by atoms with E-state index in [0.29, 0.717) is 18.9 Å². The lowest BCUT2D eigenvalue weighted by atomic mass is 9.60. The third-order valence-corrected chi connectivity index (χ3v) is 6.65. The van der Waals surface area contributed by atoms with Gasteiger partial charge in [0.2, 0.25) is 0 Å². The average Bonchev–Trinajstić information content (AvgIpc) is 2.97. The molecule has 7 unspecified atom stereocenters. The van der Waals surface area contributed by atoms with E-state index in [9.17, 15) is 10.2 Å². The monoisotopic (exact) mass is 322 g/mol. The summed E-state index contributed by atoms with van der Waals surface area (Å²) in [5, 5.41) is 20.1. The normalized spacial score (nSPS) is 45.0. The van der Waals surface area contributed by atoms with E-state index in [4.69, 9.17) is 9.47 Å². The van der Waals surface area contributed by atoms with Crippen LogP contribution in [0.25, 0.3) is 0 Å². The minimum atomic E-state index is -0.728. The Morgan fingerprint density at radius 3 is 2.91 bits per heavy atom. The van der Waals surface area contributed by atoms with Crippen LogP contribution < -0.4 is 0 Å². The molecule has 3 fully saturated rings. The summed E-state index contributed by atoms with van der Waals surface area (Å²) >= 11 is 0. The van der Waals surface area contributed by atoms with Crippen molar-refractivity contribution in [3.8, 4) is 0 Å². The highest BCUT2D eigenvalue weighted by Gasteiger charge is 2.43. The molecule has 4 heteroatoms. The second kappa shape index (κ2) is 6.83. The molecule has 130 valence electrons. The van der Waals surface area contributed by atoms with Gasteiger partial charge in [-0.05, 0) is 56.3 Å². The number of rotatable bonds is 3. The summed E-state index contributed by atoms with van der Waals surface area (Å²) in [7, 11) is 0. The van der Waals surface area contributed by atoms with Crippen molar-refractivity contribution in [2.75, 3.05) is 6.61 Å². The first-order chi connectivity index (χ1) is 11.2. The molecule has 23 heavy (non-hydrogen) atoms. The van der Waals surface area contributed by atoms with Gasteiger partial charge >= 0.3 is 0 Å². The van der Waals surface area contributed by atoms with E-state index < -0.39 is 12.6 Å². The number of aliphatic hydroxyl groups is 2. The van der Waals surface area contributed by atoms with Crippen molar-refractivity contribution < 1.29 is 19.7 Å². The summed E-state index contributed by atoms with van der Waals surface area (Å²) in [5.74, 6) is 2.40. The molecule has 1 heterocycles. The lowest BCUT2D eigenvalue weighted by Gasteiger charge is -2.47. The third kappa shape index (κ3) is 3.37. The first-order valence-corrected chi connectivity index (χ1v) is 9.53. The Morgan fingerprint density at radius 2 is 2.09 bits per heavy atom. The minimum absolute atomic E-state index is 0.161. The minimum Gasteiger partial charge on any atom is -0.368 e. The Morgan fingerprint density at radius 1 is 1.17 bits per heavy atom. The van der Waals surface area contributed by atoms with Crippen LogP contribution in [0, 0.1) is 23.7 Å². The van der Waals surface area contributed by atoms with Gasteiger partial charge in [-0.25, -0.2) is 0 Å². The predicted molar refractivity (Wildman–Crippen MR) is 86.4 cm³/mol. The largest absolute Gasteiger partial charge is 0.368 e. The third-order valence-electron chi connectivity index (χ3n) is 6.65. The van der Waals surface area contributed by atoms with Crippen molar-refractivity contribution in [1.29, 1.82) is 0 Å². The number of allylic oxidation sites excluding steroid dienone is 2. The first kappa shape index (κ1) is 16.1. The highest BCUT2D eigenvalue weighted by atomic mass is 16.7. The van der Waals surface area contributed by atoms with Crippen molar-refractivity contribution in [1.82, 2.24) is 0 Å². The SMILES string of the molecule is OC1CC(OC(O)C2CCCC3CC4CCCC=C4CC32)CO1. The van der Waals surface area contributed by atoms with E-state index in [-0.39, 0.29) is 12.0 Å². The molecule has 0 amide bonds. The molecule has 0 aromatic carbocycles. The fourth-order valence-electron chi connectivity index (χ4n) is 5.49.